The summed E-state index contributed by atoms with van der Waals surface area (Å²) in [5.74, 6) is 0. The van der Waals surface area contributed by atoms with E-state index in [-0.39, 0.29) is 11.1 Å². The van der Waals surface area contributed by atoms with Crippen LogP contribution in [0.1, 0.15) is 9.75 Å². The highest BCUT2D eigenvalue weighted by molar-refractivity contribution is 7.34. The van der Waals surface area contributed by atoms with E-state index in [2.05, 4.69) is 24.3 Å². The molecule has 0 aliphatic heterocycles. The van der Waals surface area contributed by atoms with Crippen LogP contribution in [0.25, 0.3) is 51.1 Å². The van der Waals surface area contributed by atoms with Crippen molar-refractivity contribution in [2.75, 3.05) is 0 Å². The number of benzene rings is 1. The van der Waals surface area contributed by atoms with Crippen LogP contribution in [-0.4, -0.2) is 0 Å². The highest BCUT2D eigenvalue weighted by atomic mass is 32.1. The number of allylic oxidation sites excluding steroid dienone is 6. The van der Waals surface area contributed by atoms with Crippen LogP contribution in [0, 0.1) is 45.3 Å². The van der Waals surface area contributed by atoms with Crippen LogP contribution in [0.2, 0.25) is 0 Å². The molecule has 0 spiro atoms. The van der Waals surface area contributed by atoms with Crippen LogP contribution in [0.15, 0.2) is 59.7 Å². The van der Waals surface area contributed by atoms with Crippen molar-refractivity contribution >= 4 is 96.5 Å². The minimum Gasteiger partial charge on any atom is -0.192 e. The molecule has 4 heterocycles. The first-order valence-corrected chi connectivity index (χ1v) is 13.1. The van der Waals surface area contributed by atoms with Gasteiger partial charge >= 0.3 is 0 Å². The van der Waals surface area contributed by atoms with E-state index in [0.717, 1.165) is 9.75 Å². The van der Waals surface area contributed by atoms with Gasteiger partial charge in [-0.15, -0.1) is 45.3 Å². The number of rotatable bonds is 4. The van der Waals surface area contributed by atoms with Gasteiger partial charge in [-0.3, -0.25) is 0 Å². The molecule has 0 aliphatic carbocycles. The Morgan fingerprint density at radius 3 is 1.35 bits per heavy atom. The predicted octanol–water partition coefficient (Wildman–Crippen LogP) is 8.52. The first-order valence-electron chi connectivity index (χ1n) is 9.82. The molecule has 0 atom stereocenters. The zero-order valence-electron chi connectivity index (χ0n) is 17.2. The first-order chi connectivity index (χ1) is 16.6. The van der Waals surface area contributed by atoms with Crippen molar-refractivity contribution in [1.82, 2.24) is 0 Å². The fraction of sp³-hybridized carbons (Fsp3) is 0. The van der Waals surface area contributed by atoms with Gasteiger partial charge in [-0.25, -0.2) is 0 Å². The zero-order valence-corrected chi connectivity index (χ0v) is 20.5. The maximum atomic E-state index is 8.84. The van der Waals surface area contributed by atoms with Crippen molar-refractivity contribution in [3.8, 4) is 24.3 Å². The van der Waals surface area contributed by atoms with Crippen molar-refractivity contribution in [2.24, 2.45) is 0 Å². The summed E-state index contributed by atoms with van der Waals surface area (Å²) in [6.07, 6.45) is 10.4. The van der Waals surface area contributed by atoms with Gasteiger partial charge in [-0.2, -0.15) is 21.0 Å². The largest absolute Gasteiger partial charge is 0.192 e. The molecule has 0 amide bonds. The summed E-state index contributed by atoms with van der Waals surface area (Å²) >= 11 is 6.96. The average Bonchev–Trinajstić information content (AvgIpc) is 3.57. The van der Waals surface area contributed by atoms with Crippen LogP contribution >= 0.6 is 45.3 Å². The van der Waals surface area contributed by atoms with Crippen LogP contribution in [0.4, 0.5) is 0 Å². The number of nitriles is 4. The normalized spacial score (nSPS) is 11.2. The molecule has 158 valence electrons. The number of fused-ring (bicyclic) bond motifs is 6. The van der Waals surface area contributed by atoms with Crippen molar-refractivity contribution in [1.29, 1.82) is 21.0 Å². The minimum atomic E-state index is 0.0873. The zero-order chi connectivity index (χ0) is 23.7. The molecule has 0 aliphatic rings. The number of nitrogens with zero attached hydrogens (tertiary/aromatic N) is 4. The minimum absolute atomic E-state index is 0.0873. The fourth-order valence-corrected chi connectivity index (χ4v) is 8.39. The Labute approximate surface area is 210 Å². The van der Waals surface area contributed by atoms with Crippen LogP contribution in [-0.2, 0) is 0 Å². The Bertz CT molecular complexity index is 1730. The number of thiophene rings is 4. The van der Waals surface area contributed by atoms with E-state index in [1.807, 2.05) is 36.4 Å². The van der Waals surface area contributed by atoms with Gasteiger partial charge in [0.05, 0.1) is 9.40 Å². The van der Waals surface area contributed by atoms with Crippen molar-refractivity contribution < 1.29 is 0 Å². The molecule has 5 aromatic rings. The van der Waals surface area contributed by atoms with E-state index >= 15 is 0 Å². The van der Waals surface area contributed by atoms with Gasteiger partial charge in [0, 0.05) is 39.3 Å². The van der Waals surface area contributed by atoms with E-state index < -0.39 is 0 Å². The summed E-state index contributed by atoms with van der Waals surface area (Å²) in [6, 6.07) is 16.3. The third kappa shape index (κ3) is 3.93. The molecular formula is C26H10N4S4. The van der Waals surface area contributed by atoms with Gasteiger partial charge in [-0.05, 0) is 48.6 Å². The van der Waals surface area contributed by atoms with Gasteiger partial charge < -0.3 is 0 Å². The molecule has 0 radical (unpaired) electrons. The molecule has 5 rings (SSSR count). The van der Waals surface area contributed by atoms with Crippen molar-refractivity contribution in [3.63, 3.8) is 0 Å². The summed E-state index contributed by atoms with van der Waals surface area (Å²) in [5.41, 5.74) is 0.175. The standard InChI is InChI=1S/C26H10N4S4/c27-11-15(12-28)3-1-5-17-7-23-25(31-17)19-9-22-20(10-21(19)33-23)26-24(34-22)8-18(32-26)6-2-4-16(13-29)14-30/h1-10H. The van der Waals surface area contributed by atoms with Gasteiger partial charge in [0.1, 0.15) is 35.4 Å². The maximum Gasteiger partial charge on any atom is 0.129 e. The molecule has 0 saturated carbocycles. The lowest BCUT2D eigenvalue weighted by Gasteiger charge is -1.93. The molecule has 34 heavy (non-hydrogen) atoms. The molecule has 4 nitrogen and oxygen atoms in total. The van der Waals surface area contributed by atoms with Crippen molar-refractivity contribution in [2.45, 2.75) is 0 Å². The molecule has 0 unspecified atom stereocenters. The van der Waals surface area contributed by atoms with E-state index in [1.54, 1.807) is 57.5 Å². The maximum absolute atomic E-state index is 8.84. The Balaban J connectivity index is 1.51. The molecule has 8 heteroatoms. The quantitative estimate of drug-likeness (QED) is 0.180. The predicted molar refractivity (Wildman–Crippen MR) is 145 cm³/mol. The Kier molecular flexibility index (Phi) is 5.83. The van der Waals surface area contributed by atoms with E-state index in [4.69, 9.17) is 21.0 Å². The lowest BCUT2D eigenvalue weighted by Crippen LogP contribution is -1.67. The second-order valence-electron chi connectivity index (χ2n) is 7.06. The molecule has 0 N–H and O–H groups in total. The highest BCUT2D eigenvalue weighted by Crippen LogP contribution is 2.46. The Morgan fingerprint density at radius 2 is 0.971 bits per heavy atom. The molecule has 0 bridgehead atoms. The third-order valence-electron chi connectivity index (χ3n) is 4.97. The smallest absolute Gasteiger partial charge is 0.129 e. The number of hydrogen-bond acceptors (Lipinski definition) is 8. The van der Waals surface area contributed by atoms with E-state index in [1.165, 1.54) is 51.1 Å². The molecule has 0 fully saturated rings. The van der Waals surface area contributed by atoms with Gasteiger partial charge in [0.25, 0.3) is 0 Å². The molecule has 1 aromatic carbocycles. The van der Waals surface area contributed by atoms with Gasteiger partial charge in [0.15, 0.2) is 0 Å². The average molecular weight is 507 g/mol. The monoisotopic (exact) mass is 506 g/mol. The Hall–Kier alpha value is -4.02. The topological polar surface area (TPSA) is 95.2 Å². The second-order valence-corrected chi connectivity index (χ2v) is 11.4. The summed E-state index contributed by atoms with van der Waals surface area (Å²) in [5, 5.41) is 37.9. The summed E-state index contributed by atoms with van der Waals surface area (Å²) in [6.45, 7) is 0. The highest BCUT2D eigenvalue weighted by Gasteiger charge is 2.14. The van der Waals surface area contributed by atoms with Crippen LogP contribution in [0.5, 0.6) is 0 Å². The summed E-state index contributed by atoms with van der Waals surface area (Å²) < 4.78 is 7.47. The second kappa shape index (κ2) is 9.08. The van der Waals surface area contributed by atoms with Crippen LogP contribution in [0.3, 0.4) is 0 Å². The van der Waals surface area contributed by atoms with E-state index in [9.17, 15) is 0 Å². The van der Waals surface area contributed by atoms with Crippen LogP contribution < -0.4 is 0 Å². The van der Waals surface area contributed by atoms with Crippen molar-refractivity contribution in [3.05, 3.63) is 69.5 Å². The first kappa shape index (κ1) is 21.8. The molecule has 0 saturated heterocycles. The SMILES string of the molecule is N#CC(C#N)=CC=Cc1cc2sc3cc4c(cc3c2s1)sc1cc(C=CC=C(C#N)C#N)sc14. The lowest BCUT2D eigenvalue weighted by molar-refractivity contribution is 1.46. The molecule has 4 aromatic heterocycles. The van der Waals surface area contributed by atoms with E-state index in [0.29, 0.717) is 0 Å². The number of hydrogen-bond donors (Lipinski definition) is 0. The van der Waals surface area contributed by atoms with Gasteiger partial charge in [-0.1, -0.05) is 12.2 Å². The fourth-order valence-electron chi connectivity index (χ4n) is 3.47. The summed E-state index contributed by atoms with van der Waals surface area (Å²) in [4.78, 5) is 2.17. The molecular weight excluding hydrogens is 497 g/mol. The third-order valence-corrected chi connectivity index (χ3v) is 9.70. The Morgan fingerprint density at radius 1 is 0.559 bits per heavy atom. The summed E-state index contributed by atoms with van der Waals surface area (Å²) in [7, 11) is 0. The lowest BCUT2D eigenvalue weighted by atomic mass is 10.2. The van der Waals surface area contributed by atoms with Gasteiger partial charge in [0.2, 0.25) is 0 Å².